The van der Waals surface area contributed by atoms with Crippen LogP contribution in [0.25, 0.3) is 5.69 Å². The van der Waals surface area contributed by atoms with Crippen molar-refractivity contribution < 1.29 is 13.9 Å². The largest absolute Gasteiger partial charge is 0.494 e. The molecule has 0 spiro atoms. The highest BCUT2D eigenvalue weighted by atomic mass is 19.1. The first kappa shape index (κ1) is 17.7. The highest BCUT2D eigenvalue weighted by molar-refractivity contribution is 5.93. The molecule has 0 fully saturated rings. The van der Waals surface area contributed by atoms with Crippen LogP contribution >= 0.6 is 0 Å². The summed E-state index contributed by atoms with van der Waals surface area (Å²) < 4.78 is 20.5. The minimum Gasteiger partial charge on any atom is -0.494 e. The molecule has 5 nitrogen and oxygen atoms in total. The van der Waals surface area contributed by atoms with Crippen molar-refractivity contribution in [2.24, 2.45) is 0 Å². The Hall–Kier alpha value is -3.15. The van der Waals surface area contributed by atoms with Crippen molar-refractivity contribution in [3.63, 3.8) is 0 Å². The molecular formula is C20H20FN3O2. The highest BCUT2D eigenvalue weighted by Crippen LogP contribution is 2.19. The van der Waals surface area contributed by atoms with E-state index in [2.05, 4.69) is 5.10 Å². The standard InChI is InChI=1S/C20H20FN3O2/c1-3-23(13-15-9-10-19(26-2)18(21)11-15)20(25)16-12-22-24(14-16)17-7-5-4-6-8-17/h4-12,14H,3,13H2,1-2H3. The van der Waals surface area contributed by atoms with Gasteiger partial charge in [-0.25, -0.2) is 9.07 Å². The van der Waals surface area contributed by atoms with Crippen molar-refractivity contribution in [3.8, 4) is 11.4 Å². The van der Waals surface area contributed by atoms with E-state index in [1.54, 1.807) is 34.1 Å². The zero-order chi connectivity index (χ0) is 18.5. The van der Waals surface area contributed by atoms with E-state index in [4.69, 9.17) is 4.74 Å². The van der Waals surface area contributed by atoms with Crippen LogP contribution in [0.3, 0.4) is 0 Å². The molecule has 26 heavy (non-hydrogen) atoms. The molecule has 3 rings (SSSR count). The van der Waals surface area contributed by atoms with Crippen molar-refractivity contribution >= 4 is 5.91 Å². The monoisotopic (exact) mass is 353 g/mol. The van der Waals surface area contributed by atoms with Crippen LogP contribution in [0.5, 0.6) is 5.75 Å². The molecule has 0 atom stereocenters. The van der Waals surface area contributed by atoms with Crippen LogP contribution in [0.2, 0.25) is 0 Å². The maximum Gasteiger partial charge on any atom is 0.257 e. The van der Waals surface area contributed by atoms with Gasteiger partial charge in [0.05, 0.1) is 24.6 Å². The number of rotatable bonds is 6. The predicted molar refractivity (Wildman–Crippen MR) is 96.9 cm³/mol. The van der Waals surface area contributed by atoms with Gasteiger partial charge in [0.15, 0.2) is 11.6 Å². The van der Waals surface area contributed by atoms with E-state index < -0.39 is 5.82 Å². The quantitative estimate of drug-likeness (QED) is 0.679. The molecule has 0 saturated heterocycles. The summed E-state index contributed by atoms with van der Waals surface area (Å²) in [5.41, 5.74) is 2.07. The van der Waals surface area contributed by atoms with Gasteiger partial charge in [0.2, 0.25) is 0 Å². The van der Waals surface area contributed by atoms with Gasteiger partial charge in [-0.15, -0.1) is 0 Å². The van der Waals surface area contributed by atoms with E-state index in [-0.39, 0.29) is 11.7 Å². The normalized spacial score (nSPS) is 10.6. The Morgan fingerprint density at radius 2 is 2.00 bits per heavy atom. The highest BCUT2D eigenvalue weighted by Gasteiger charge is 2.17. The fourth-order valence-electron chi connectivity index (χ4n) is 2.69. The Morgan fingerprint density at radius 1 is 1.23 bits per heavy atom. The fraction of sp³-hybridized carbons (Fsp3) is 0.200. The Kier molecular flexibility index (Phi) is 5.31. The summed E-state index contributed by atoms with van der Waals surface area (Å²) in [4.78, 5) is 14.4. The molecule has 1 heterocycles. The number of halogens is 1. The zero-order valence-electron chi connectivity index (χ0n) is 14.7. The maximum absolute atomic E-state index is 13.9. The number of methoxy groups -OCH3 is 1. The minimum absolute atomic E-state index is 0.147. The van der Waals surface area contributed by atoms with Crippen LogP contribution in [0.1, 0.15) is 22.8 Å². The average Bonchev–Trinajstić information content (AvgIpc) is 3.16. The first-order valence-corrected chi connectivity index (χ1v) is 8.34. The van der Waals surface area contributed by atoms with Gasteiger partial charge >= 0.3 is 0 Å². The Morgan fingerprint density at radius 3 is 2.65 bits per heavy atom. The van der Waals surface area contributed by atoms with Crippen LogP contribution < -0.4 is 4.74 Å². The van der Waals surface area contributed by atoms with Gasteiger partial charge in [0.1, 0.15) is 0 Å². The third kappa shape index (κ3) is 3.74. The number of carbonyl (C=O) groups excluding carboxylic acids is 1. The Balaban J connectivity index is 1.77. The lowest BCUT2D eigenvalue weighted by atomic mass is 10.2. The summed E-state index contributed by atoms with van der Waals surface area (Å²) in [5.74, 6) is -0.399. The van der Waals surface area contributed by atoms with Gasteiger partial charge in [-0.3, -0.25) is 4.79 Å². The summed E-state index contributed by atoms with van der Waals surface area (Å²) >= 11 is 0. The molecular weight excluding hydrogens is 333 g/mol. The fourth-order valence-corrected chi connectivity index (χ4v) is 2.69. The molecule has 0 saturated carbocycles. The number of hydrogen-bond acceptors (Lipinski definition) is 3. The minimum atomic E-state index is -0.439. The van der Waals surface area contributed by atoms with Crippen LogP contribution in [-0.4, -0.2) is 34.2 Å². The molecule has 0 bridgehead atoms. The van der Waals surface area contributed by atoms with Crippen molar-refractivity contribution in [2.45, 2.75) is 13.5 Å². The number of ether oxygens (including phenoxy) is 1. The smallest absolute Gasteiger partial charge is 0.257 e. The number of nitrogens with zero attached hydrogens (tertiary/aromatic N) is 3. The van der Waals surface area contributed by atoms with Crippen molar-refractivity contribution in [1.29, 1.82) is 0 Å². The van der Waals surface area contributed by atoms with Gasteiger partial charge in [0.25, 0.3) is 5.91 Å². The summed E-state index contributed by atoms with van der Waals surface area (Å²) in [6, 6.07) is 14.3. The molecule has 134 valence electrons. The lowest BCUT2D eigenvalue weighted by molar-refractivity contribution is 0.0752. The van der Waals surface area contributed by atoms with Gasteiger partial charge in [-0.2, -0.15) is 5.10 Å². The van der Waals surface area contributed by atoms with Crippen molar-refractivity contribution in [3.05, 3.63) is 77.9 Å². The lowest BCUT2D eigenvalue weighted by Crippen LogP contribution is -2.30. The average molecular weight is 353 g/mol. The van der Waals surface area contributed by atoms with Crippen molar-refractivity contribution in [1.82, 2.24) is 14.7 Å². The molecule has 0 aliphatic heterocycles. The molecule has 1 amide bonds. The molecule has 0 radical (unpaired) electrons. The first-order valence-electron chi connectivity index (χ1n) is 8.34. The number of benzene rings is 2. The second-order valence-corrected chi connectivity index (χ2v) is 5.80. The van der Waals surface area contributed by atoms with Crippen LogP contribution in [0, 0.1) is 5.82 Å². The van der Waals surface area contributed by atoms with E-state index in [1.165, 1.54) is 13.2 Å². The van der Waals surface area contributed by atoms with E-state index in [9.17, 15) is 9.18 Å². The SMILES string of the molecule is CCN(Cc1ccc(OC)c(F)c1)C(=O)c1cnn(-c2ccccc2)c1. The van der Waals surface area contributed by atoms with Crippen molar-refractivity contribution in [2.75, 3.05) is 13.7 Å². The topological polar surface area (TPSA) is 47.4 Å². The van der Waals surface area contributed by atoms with Gasteiger partial charge in [-0.05, 0) is 36.8 Å². The molecule has 1 aromatic heterocycles. The molecule has 6 heteroatoms. The third-order valence-electron chi connectivity index (χ3n) is 4.11. The summed E-state index contributed by atoms with van der Waals surface area (Å²) in [6.45, 7) is 2.70. The van der Waals surface area contributed by atoms with Gasteiger partial charge in [-0.1, -0.05) is 24.3 Å². The number of hydrogen-bond donors (Lipinski definition) is 0. The van der Waals surface area contributed by atoms with E-state index in [0.29, 0.717) is 24.2 Å². The van der Waals surface area contributed by atoms with E-state index in [0.717, 1.165) is 5.69 Å². The predicted octanol–water partition coefficient (Wildman–Crippen LogP) is 3.68. The van der Waals surface area contributed by atoms with Gasteiger partial charge in [0, 0.05) is 19.3 Å². The summed E-state index contributed by atoms with van der Waals surface area (Å²) in [6.07, 6.45) is 3.25. The second kappa shape index (κ2) is 7.82. The number of aromatic nitrogens is 2. The van der Waals surface area contributed by atoms with Crippen LogP contribution in [0.15, 0.2) is 60.9 Å². The Bertz CT molecular complexity index is 893. The van der Waals surface area contributed by atoms with Crippen LogP contribution in [0.4, 0.5) is 4.39 Å². The molecule has 0 N–H and O–H groups in total. The Labute approximate surface area is 151 Å². The zero-order valence-corrected chi connectivity index (χ0v) is 14.7. The molecule has 3 aromatic rings. The van der Waals surface area contributed by atoms with E-state index in [1.807, 2.05) is 37.3 Å². The van der Waals surface area contributed by atoms with Gasteiger partial charge < -0.3 is 9.64 Å². The molecule has 2 aromatic carbocycles. The second-order valence-electron chi connectivity index (χ2n) is 5.80. The molecule has 0 aliphatic carbocycles. The maximum atomic E-state index is 13.9. The third-order valence-corrected chi connectivity index (χ3v) is 4.11. The molecule has 0 aliphatic rings. The number of para-hydroxylation sites is 1. The van der Waals surface area contributed by atoms with Crippen LogP contribution in [-0.2, 0) is 6.54 Å². The number of carbonyl (C=O) groups is 1. The number of amides is 1. The van der Waals surface area contributed by atoms with E-state index >= 15 is 0 Å². The summed E-state index contributed by atoms with van der Waals surface area (Å²) in [5, 5.41) is 4.26. The lowest BCUT2D eigenvalue weighted by Gasteiger charge is -2.20. The first-order chi connectivity index (χ1) is 12.6. The molecule has 0 unspecified atom stereocenters. The summed E-state index contributed by atoms with van der Waals surface area (Å²) in [7, 11) is 1.42.